The number of rotatable bonds is 5. The molecule has 1 aliphatic rings. The van der Waals surface area contributed by atoms with Crippen molar-refractivity contribution in [2.75, 3.05) is 50.1 Å². The average molecular weight is 314 g/mol. The van der Waals surface area contributed by atoms with Crippen LogP contribution < -0.4 is 15.0 Å². The van der Waals surface area contributed by atoms with Crippen molar-refractivity contribution in [3.63, 3.8) is 0 Å². The Labute approximate surface area is 136 Å². The van der Waals surface area contributed by atoms with Crippen molar-refractivity contribution in [2.24, 2.45) is 0 Å². The Bertz CT molecular complexity index is 642. The Morgan fingerprint density at radius 3 is 2.70 bits per heavy atom. The van der Waals surface area contributed by atoms with Crippen LogP contribution >= 0.6 is 0 Å². The summed E-state index contributed by atoms with van der Waals surface area (Å²) in [6.45, 7) is 7.18. The van der Waals surface area contributed by atoms with E-state index in [2.05, 4.69) is 37.2 Å². The summed E-state index contributed by atoms with van der Waals surface area (Å²) < 4.78 is 5.35. The fraction of sp³-hybridized carbons (Fsp3) is 0.438. The van der Waals surface area contributed by atoms with E-state index in [9.17, 15) is 0 Å². The van der Waals surface area contributed by atoms with E-state index in [1.165, 1.54) is 0 Å². The summed E-state index contributed by atoms with van der Waals surface area (Å²) in [5.74, 6) is 2.10. The lowest BCUT2D eigenvalue weighted by atomic mass is 10.3. The van der Waals surface area contributed by atoms with Gasteiger partial charge in [-0.25, -0.2) is 0 Å². The molecule has 1 aromatic heterocycles. The van der Waals surface area contributed by atoms with Gasteiger partial charge in [-0.05, 0) is 18.7 Å². The maximum Gasteiger partial charge on any atom is 0.247 e. The second kappa shape index (κ2) is 7.23. The molecule has 1 fully saturated rings. The standard InChI is InChI=1S/C16H22N6O/c1-3-21-8-10-22(11-9-21)16-19-15(12-17-20-16)18-13-6-4-5-7-14(13)23-2/h4-7,12H,3,8-11H2,1-2H3,(H,18,19,20). The fourth-order valence-electron chi connectivity index (χ4n) is 2.64. The molecule has 1 aliphatic heterocycles. The molecule has 0 saturated carbocycles. The number of para-hydroxylation sites is 2. The smallest absolute Gasteiger partial charge is 0.247 e. The van der Waals surface area contributed by atoms with Crippen LogP contribution in [0.5, 0.6) is 5.75 Å². The summed E-state index contributed by atoms with van der Waals surface area (Å²) in [5, 5.41) is 11.5. The van der Waals surface area contributed by atoms with Crippen LogP contribution in [0.15, 0.2) is 30.5 Å². The maximum atomic E-state index is 5.35. The van der Waals surface area contributed by atoms with Crippen molar-refractivity contribution in [1.82, 2.24) is 20.1 Å². The lowest BCUT2D eigenvalue weighted by Crippen LogP contribution is -2.46. The number of hydrogen-bond donors (Lipinski definition) is 1. The number of anilines is 3. The summed E-state index contributed by atoms with van der Waals surface area (Å²) in [4.78, 5) is 9.18. The van der Waals surface area contributed by atoms with Crippen LogP contribution in [0.25, 0.3) is 0 Å². The van der Waals surface area contributed by atoms with Crippen LogP contribution in [0.3, 0.4) is 0 Å². The number of benzene rings is 1. The molecule has 0 amide bonds. The van der Waals surface area contributed by atoms with Crippen molar-refractivity contribution in [3.8, 4) is 5.75 Å². The quantitative estimate of drug-likeness (QED) is 0.902. The van der Waals surface area contributed by atoms with Crippen molar-refractivity contribution in [2.45, 2.75) is 6.92 Å². The monoisotopic (exact) mass is 314 g/mol. The van der Waals surface area contributed by atoms with Crippen LogP contribution in [-0.4, -0.2) is 59.9 Å². The van der Waals surface area contributed by atoms with Crippen molar-refractivity contribution < 1.29 is 4.74 Å². The van der Waals surface area contributed by atoms with Crippen LogP contribution in [0.2, 0.25) is 0 Å². The highest BCUT2D eigenvalue weighted by Gasteiger charge is 2.18. The minimum Gasteiger partial charge on any atom is -0.495 e. The number of ether oxygens (including phenoxy) is 1. The minimum atomic E-state index is 0.664. The van der Waals surface area contributed by atoms with Gasteiger partial charge in [0, 0.05) is 26.2 Å². The van der Waals surface area contributed by atoms with Gasteiger partial charge in [-0.15, -0.1) is 5.10 Å². The molecule has 0 bridgehead atoms. The van der Waals surface area contributed by atoms with Gasteiger partial charge in [0.1, 0.15) is 5.75 Å². The first kappa shape index (κ1) is 15.5. The summed E-state index contributed by atoms with van der Waals surface area (Å²) in [6, 6.07) is 7.73. The van der Waals surface area contributed by atoms with Crippen LogP contribution in [0.4, 0.5) is 17.5 Å². The van der Waals surface area contributed by atoms with Crippen molar-refractivity contribution in [3.05, 3.63) is 30.5 Å². The number of nitrogens with zero attached hydrogens (tertiary/aromatic N) is 5. The van der Waals surface area contributed by atoms with E-state index in [1.54, 1.807) is 13.3 Å². The first-order valence-corrected chi connectivity index (χ1v) is 7.87. The maximum absolute atomic E-state index is 5.35. The fourth-order valence-corrected chi connectivity index (χ4v) is 2.64. The molecular formula is C16H22N6O. The third-order valence-electron chi connectivity index (χ3n) is 4.02. The Morgan fingerprint density at radius 2 is 1.96 bits per heavy atom. The molecule has 0 radical (unpaired) electrons. The molecule has 3 rings (SSSR count). The highest BCUT2D eigenvalue weighted by molar-refractivity contribution is 5.64. The molecular weight excluding hydrogens is 292 g/mol. The number of methoxy groups -OCH3 is 1. The first-order chi connectivity index (χ1) is 11.3. The summed E-state index contributed by atoms with van der Waals surface area (Å²) in [6.07, 6.45) is 1.62. The van der Waals surface area contributed by atoms with Gasteiger partial charge in [0.15, 0.2) is 5.82 Å². The van der Waals surface area contributed by atoms with E-state index < -0.39 is 0 Å². The second-order valence-electron chi connectivity index (χ2n) is 5.39. The Kier molecular flexibility index (Phi) is 4.87. The molecule has 0 aliphatic carbocycles. The zero-order chi connectivity index (χ0) is 16.1. The highest BCUT2D eigenvalue weighted by Crippen LogP contribution is 2.26. The summed E-state index contributed by atoms with van der Waals surface area (Å²) in [7, 11) is 1.65. The van der Waals surface area contributed by atoms with Crippen molar-refractivity contribution in [1.29, 1.82) is 0 Å². The zero-order valence-corrected chi connectivity index (χ0v) is 13.6. The van der Waals surface area contributed by atoms with Gasteiger partial charge in [-0.2, -0.15) is 10.1 Å². The largest absolute Gasteiger partial charge is 0.495 e. The van der Waals surface area contributed by atoms with E-state index in [-0.39, 0.29) is 0 Å². The molecule has 1 aromatic carbocycles. The third-order valence-corrected chi connectivity index (χ3v) is 4.02. The highest BCUT2D eigenvalue weighted by atomic mass is 16.5. The van der Waals surface area contributed by atoms with Gasteiger partial charge in [-0.3, -0.25) is 0 Å². The van der Waals surface area contributed by atoms with E-state index in [4.69, 9.17) is 4.74 Å². The van der Waals surface area contributed by atoms with Crippen LogP contribution in [0, 0.1) is 0 Å². The van der Waals surface area contributed by atoms with Crippen LogP contribution in [0.1, 0.15) is 6.92 Å². The van der Waals surface area contributed by atoms with Crippen molar-refractivity contribution >= 4 is 17.5 Å². The minimum absolute atomic E-state index is 0.664. The predicted molar refractivity (Wildman–Crippen MR) is 90.4 cm³/mol. The Balaban J connectivity index is 1.73. The first-order valence-electron chi connectivity index (χ1n) is 7.87. The number of nitrogens with one attached hydrogen (secondary N) is 1. The van der Waals surface area contributed by atoms with Gasteiger partial charge in [0.2, 0.25) is 5.95 Å². The molecule has 1 saturated heterocycles. The number of likely N-dealkylation sites (N-methyl/N-ethyl adjacent to an activating group) is 1. The lowest BCUT2D eigenvalue weighted by Gasteiger charge is -2.33. The van der Waals surface area contributed by atoms with Crippen LogP contribution in [-0.2, 0) is 0 Å². The van der Waals surface area contributed by atoms with Gasteiger partial charge < -0.3 is 19.9 Å². The average Bonchev–Trinajstić information content (AvgIpc) is 2.62. The molecule has 122 valence electrons. The molecule has 0 unspecified atom stereocenters. The molecule has 2 aromatic rings. The lowest BCUT2D eigenvalue weighted by molar-refractivity contribution is 0.269. The summed E-state index contributed by atoms with van der Waals surface area (Å²) >= 11 is 0. The molecule has 1 N–H and O–H groups in total. The second-order valence-corrected chi connectivity index (χ2v) is 5.39. The van der Waals surface area contributed by atoms with E-state index in [0.717, 1.165) is 44.2 Å². The van der Waals surface area contributed by atoms with E-state index in [1.807, 2.05) is 24.3 Å². The van der Waals surface area contributed by atoms with Gasteiger partial charge >= 0.3 is 0 Å². The topological polar surface area (TPSA) is 66.4 Å². The molecule has 0 spiro atoms. The number of piperazine rings is 1. The predicted octanol–water partition coefficient (Wildman–Crippen LogP) is 1.77. The van der Waals surface area contributed by atoms with E-state index >= 15 is 0 Å². The summed E-state index contributed by atoms with van der Waals surface area (Å²) in [5.41, 5.74) is 0.859. The number of aromatic nitrogens is 3. The van der Waals surface area contributed by atoms with Gasteiger partial charge in [0.25, 0.3) is 0 Å². The third kappa shape index (κ3) is 3.68. The molecule has 7 heteroatoms. The zero-order valence-electron chi connectivity index (χ0n) is 13.6. The Hall–Kier alpha value is -2.41. The SMILES string of the molecule is CCN1CCN(c2nncc(Nc3ccccc3OC)n2)CC1. The normalized spacial score (nSPS) is 15.5. The Morgan fingerprint density at radius 1 is 1.17 bits per heavy atom. The van der Waals surface area contributed by atoms with Gasteiger partial charge in [0.05, 0.1) is 19.0 Å². The molecule has 23 heavy (non-hydrogen) atoms. The number of hydrogen-bond acceptors (Lipinski definition) is 7. The molecule has 7 nitrogen and oxygen atoms in total. The van der Waals surface area contributed by atoms with Gasteiger partial charge in [-0.1, -0.05) is 19.1 Å². The van der Waals surface area contributed by atoms with E-state index in [0.29, 0.717) is 11.8 Å². The molecule has 2 heterocycles. The molecule has 0 atom stereocenters.